The van der Waals surface area contributed by atoms with Gasteiger partial charge < -0.3 is 194 Å². The van der Waals surface area contributed by atoms with E-state index in [1.165, 1.54) is 6.92 Å². The van der Waals surface area contributed by atoms with Gasteiger partial charge in [0.05, 0.1) is 52.4 Å². The van der Waals surface area contributed by atoms with E-state index < -0.39 is 303 Å². The summed E-state index contributed by atoms with van der Waals surface area (Å²) in [6, 6.07) is -5.32. The van der Waals surface area contributed by atoms with E-state index in [0.29, 0.717) is 0 Å². The van der Waals surface area contributed by atoms with Gasteiger partial charge in [-0.1, -0.05) is 0 Å². The Morgan fingerprint density at radius 1 is 0.337 bits per heavy atom. The van der Waals surface area contributed by atoms with E-state index >= 15 is 0 Å². The van der Waals surface area contributed by atoms with Gasteiger partial charge in [-0.25, -0.2) is 0 Å². The molecule has 42 nitrogen and oxygen atoms in total. The molecule has 3 amide bonds. The van der Waals surface area contributed by atoms with E-state index in [1.807, 2.05) is 0 Å². The lowest BCUT2D eigenvalue weighted by atomic mass is 9.93. The van der Waals surface area contributed by atoms with Crippen molar-refractivity contribution in [2.45, 2.75) is 267 Å². The molecule has 95 heavy (non-hydrogen) atoms. The van der Waals surface area contributed by atoms with Crippen LogP contribution in [0.25, 0.3) is 0 Å². The third-order valence-electron chi connectivity index (χ3n) is 17.4. The summed E-state index contributed by atoms with van der Waals surface area (Å²) in [4.78, 5) is 38.0. The molecule has 0 aromatic carbocycles. The van der Waals surface area contributed by atoms with Crippen molar-refractivity contribution in [3.05, 3.63) is 0 Å². The number of aliphatic hydroxyl groups is 21. The van der Waals surface area contributed by atoms with Gasteiger partial charge in [-0.2, -0.15) is 0 Å². The summed E-state index contributed by atoms with van der Waals surface area (Å²) in [5.41, 5.74) is 0. The van der Waals surface area contributed by atoms with Crippen molar-refractivity contribution in [3.8, 4) is 0 Å². The van der Waals surface area contributed by atoms with Gasteiger partial charge in [-0.05, 0) is 6.92 Å². The van der Waals surface area contributed by atoms with Crippen molar-refractivity contribution in [1.82, 2.24) is 16.0 Å². The van der Waals surface area contributed by atoms with E-state index in [4.69, 9.17) is 71.1 Å². The zero-order valence-electron chi connectivity index (χ0n) is 51.2. The molecule has 0 spiro atoms. The Labute approximate surface area is 538 Å². The minimum Gasteiger partial charge on any atom is -0.394 e. The number of carbonyl (C=O) groups excluding carboxylic acids is 3. The zero-order chi connectivity index (χ0) is 69.9. The second-order valence-electron chi connectivity index (χ2n) is 24.2. The Morgan fingerprint density at radius 2 is 0.737 bits per heavy atom. The van der Waals surface area contributed by atoms with E-state index in [-0.39, 0.29) is 0 Å². The van der Waals surface area contributed by atoms with E-state index in [1.54, 1.807) is 0 Å². The van der Waals surface area contributed by atoms with Gasteiger partial charge in [-0.15, -0.1) is 0 Å². The van der Waals surface area contributed by atoms with Crippen LogP contribution in [-0.2, 0) is 85.4 Å². The highest BCUT2D eigenvalue weighted by molar-refractivity contribution is 5.74. The number of hydrogen-bond donors (Lipinski definition) is 24. The largest absolute Gasteiger partial charge is 0.394 e. The molecule has 42 heteroatoms. The molecule has 0 aromatic heterocycles. The maximum absolute atomic E-state index is 13.2. The second-order valence-corrected chi connectivity index (χ2v) is 24.2. The van der Waals surface area contributed by atoms with Crippen molar-refractivity contribution in [1.29, 1.82) is 0 Å². The Balaban J connectivity index is 1.15. The van der Waals surface area contributed by atoms with Gasteiger partial charge >= 0.3 is 0 Å². The van der Waals surface area contributed by atoms with Crippen LogP contribution in [0.3, 0.4) is 0 Å². The predicted octanol–water partition coefficient (Wildman–Crippen LogP) is -16.4. The highest BCUT2D eigenvalue weighted by Gasteiger charge is 2.60. The average molecular weight is 1390 g/mol. The summed E-state index contributed by atoms with van der Waals surface area (Å²) in [7, 11) is 0. The first-order valence-corrected chi connectivity index (χ1v) is 30.4. The molecule has 24 N–H and O–H groups in total. The lowest BCUT2D eigenvalue weighted by Crippen LogP contribution is -2.71. The van der Waals surface area contributed by atoms with Crippen molar-refractivity contribution >= 4 is 17.7 Å². The fraction of sp³-hybridized carbons (Fsp3) is 0.943. The van der Waals surface area contributed by atoms with Crippen LogP contribution >= 0.6 is 0 Å². The number of aliphatic hydroxyl groups excluding tert-OH is 21. The molecule has 8 rings (SSSR count). The molecule has 0 saturated carbocycles. The molecule has 0 radical (unpaired) electrons. The topological polar surface area (TPSA) is 651 Å². The van der Waals surface area contributed by atoms with Crippen LogP contribution in [0.1, 0.15) is 27.7 Å². The fourth-order valence-corrected chi connectivity index (χ4v) is 12.2. The maximum Gasteiger partial charge on any atom is 0.217 e. The third kappa shape index (κ3) is 17.1. The highest BCUT2D eigenvalue weighted by Crippen LogP contribution is 2.40. The van der Waals surface area contributed by atoms with Crippen molar-refractivity contribution in [3.63, 3.8) is 0 Å². The van der Waals surface area contributed by atoms with Gasteiger partial charge in [0.2, 0.25) is 17.7 Å². The van der Waals surface area contributed by atoms with Crippen molar-refractivity contribution in [2.75, 3.05) is 46.2 Å². The number of nitrogens with one attached hydrogen (secondary N) is 3. The Bertz CT molecular complexity index is 2440. The molecule has 8 fully saturated rings. The molecule has 550 valence electrons. The minimum atomic E-state index is -2.41. The first-order chi connectivity index (χ1) is 44.9. The van der Waals surface area contributed by atoms with Gasteiger partial charge in [0.15, 0.2) is 50.3 Å². The summed E-state index contributed by atoms with van der Waals surface area (Å²) >= 11 is 0. The van der Waals surface area contributed by atoms with E-state index in [9.17, 15) is 122 Å². The van der Waals surface area contributed by atoms with Crippen LogP contribution in [0.5, 0.6) is 0 Å². The van der Waals surface area contributed by atoms with Gasteiger partial charge in [0.25, 0.3) is 0 Å². The summed E-state index contributed by atoms with van der Waals surface area (Å²) in [5.74, 6) is -2.56. The van der Waals surface area contributed by atoms with Crippen LogP contribution in [0.4, 0.5) is 0 Å². The first-order valence-electron chi connectivity index (χ1n) is 30.4. The molecule has 8 saturated heterocycles. The summed E-state index contributed by atoms with van der Waals surface area (Å²) in [6.07, 6.45) is -71.7. The fourth-order valence-electron chi connectivity index (χ4n) is 12.2. The number of ether oxygens (including phenoxy) is 15. The monoisotopic (exact) mass is 1390 g/mol. The molecule has 8 heterocycles. The molecule has 39 atom stereocenters. The first kappa shape index (κ1) is 77.7. The minimum absolute atomic E-state index is 0.774. The number of rotatable bonds is 23. The zero-order valence-corrected chi connectivity index (χ0v) is 51.2. The van der Waals surface area contributed by atoms with Crippen molar-refractivity contribution < 1.29 is 193 Å². The molecular weight excluding hydrogens is 1300 g/mol. The Kier molecular flexibility index (Phi) is 27.5. The molecule has 0 aliphatic carbocycles. The standard InChI is InChI=1S/C53H89N3O39/c1-12-26(66)33(73)38(78)51(83-12)93-43-25(56-15(4)64)46(80)84-21(9-61)42(43)92-48-24(55-14(3)63)32(72)40(19(7-59)87-48)91-53-45(95-50-36(76)27(67)16(65)10-81-50)44(30(70)22(89-53)11-82-49-37(77)34(74)29(69)18(6-58)86-49)94-52-39(79)35(75)41(20(8-60)88-52)90-47-23(54-13(2)62)31(71)28(68)17(5-57)85-47/h12,16-53,57-61,65-80H,5-11H2,1-4H3,(H,54,62)(H,55,63)(H,56,64)/t12-,16+,17+,18+,19+,20+,21+,22+,23+,24+,25+,26+,27-,28+,29+,30+,31+,32+,33+,34-,35+,36+,37-,38-,39-,40+,41+,42+,43+,44-,45-,46+,47-,48-,49-,50-,51-,52+,53-/m0/s1. The SMILES string of the molecule is CC(=O)N[C@@H]1[C@@H](O[C@@H]2O[C@@H](C)[C@@H](O)[C@@H](O)[C@@H]2O)[C@H](O[C@@H]2O[C@H](CO)[C@@H](O[C@@H]3O[C@H](CO[C@H]4O[C@H](CO)[C@@H](O)[C@H](O)[C@@H]4O)[C@@H](O)[C@H](O[C@H]4O[C@H](CO)[C@@H](O[C@@H]5O[C@H](CO)[C@@H](O)[C@H](O)[C@H]5NC(C)=O)[C@H](O)[C@@H]4O)[C@@H]3O[C@@H]3OC[C@@H](O)[C@H](O)[C@H]3O)[C@H](O)[C@H]2NC(C)=O)[C@@H](CO)O[C@H]1O. The molecule has 0 unspecified atom stereocenters. The van der Waals surface area contributed by atoms with Crippen LogP contribution in [0, 0.1) is 0 Å². The number of hydrogen-bond acceptors (Lipinski definition) is 39. The molecular formula is C53H89N3O39. The molecule has 0 bridgehead atoms. The van der Waals surface area contributed by atoms with Crippen LogP contribution in [0.2, 0.25) is 0 Å². The van der Waals surface area contributed by atoms with E-state index in [0.717, 1.165) is 20.8 Å². The number of carbonyl (C=O) groups is 3. The smallest absolute Gasteiger partial charge is 0.217 e. The predicted molar refractivity (Wildman–Crippen MR) is 292 cm³/mol. The summed E-state index contributed by atoms with van der Waals surface area (Å²) in [5, 5.41) is 238. The van der Waals surface area contributed by atoms with Crippen LogP contribution in [-0.4, -0.2) is 411 Å². The maximum atomic E-state index is 13.2. The van der Waals surface area contributed by atoms with Crippen molar-refractivity contribution in [2.24, 2.45) is 0 Å². The quantitative estimate of drug-likeness (QED) is 0.0452. The normalized spacial score (nSPS) is 49.9. The Hall–Kier alpha value is -3.03. The van der Waals surface area contributed by atoms with Gasteiger partial charge in [0, 0.05) is 20.8 Å². The third-order valence-corrected chi connectivity index (χ3v) is 17.4. The number of amides is 3. The summed E-state index contributed by atoms with van der Waals surface area (Å²) < 4.78 is 89.1. The van der Waals surface area contributed by atoms with Crippen LogP contribution in [0.15, 0.2) is 0 Å². The average Bonchev–Trinajstić information content (AvgIpc) is 0.798. The van der Waals surface area contributed by atoms with E-state index in [2.05, 4.69) is 16.0 Å². The van der Waals surface area contributed by atoms with Gasteiger partial charge in [0.1, 0.15) is 183 Å². The Morgan fingerprint density at radius 3 is 1.32 bits per heavy atom. The van der Waals surface area contributed by atoms with Crippen LogP contribution < -0.4 is 16.0 Å². The second kappa shape index (κ2) is 33.6. The van der Waals surface area contributed by atoms with Gasteiger partial charge in [-0.3, -0.25) is 14.4 Å². The highest BCUT2D eigenvalue weighted by atomic mass is 16.8. The molecule has 0 aromatic rings. The lowest BCUT2D eigenvalue weighted by Gasteiger charge is -2.52. The summed E-state index contributed by atoms with van der Waals surface area (Å²) in [6.45, 7) is -2.80. The molecule has 8 aliphatic heterocycles. The lowest BCUT2D eigenvalue weighted by molar-refractivity contribution is -0.407. The molecule has 8 aliphatic rings.